The highest BCUT2D eigenvalue weighted by Gasteiger charge is 2.20. The van der Waals surface area contributed by atoms with Crippen molar-refractivity contribution in [3.63, 3.8) is 0 Å². The molecule has 0 amide bonds. The van der Waals surface area contributed by atoms with Crippen LogP contribution in [0, 0.1) is 0 Å². The minimum absolute atomic E-state index is 0.00267. The lowest BCUT2D eigenvalue weighted by molar-refractivity contribution is 0.269. The number of nitrogens with zero attached hydrogens (tertiary/aromatic N) is 3. The summed E-state index contributed by atoms with van der Waals surface area (Å²) in [5.41, 5.74) is 5.65. The van der Waals surface area contributed by atoms with E-state index in [1.54, 1.807) is 6.07 Å². The van der Waals surface area contributed by atoms with Gasteiger partial charge in [-0.15, -0.1) is 0 Å². The van der Waals surface area contributed by atoms with E-state index >= 15 is 0 Å². The summed E-state index contributed by atoms with van der Waals surface area (Å²) in [6.45, 7) is 8.13. The van der Waals surface area contributed by atoms with Gasteiger partial charge in [0.1, 0.15) is 17.5 Å². The number of likely N-dealkylation sites (N-methyl/N-ethyl adjacent to an activating group) is 1. The summed E-state index contributed by atoms with van der Waals surface area (Å²) in [6.07, 6.45) is 0. The Kier molecular flexibility index (Phi) is 3.93. The first kappa shape index (κ1) is 13.7. The first-order valence-electron chi connectivity index (χ1n) is 5.74. The third kappa shape index (κ3) is 3.30. The summed E-state index contributed by atoms with van der Waals surface area (Å²) in [5.74, 6) is 1.91. The highest BCUT2D eigenvalue weighted by atomic mass is 16.3. The van der Waals surface area contributed by atoms with Crippen LogP contribution in [-0.4, -0.2) is 34.8 Å². The minimum Gasteiger partial charge on any atom is -0.394 e. The first-order chi connectivity index (χ1) is 7.75. The zero-order chi connectivity index (χ0) is 13.2. The molecular formula is C12H22N4O. The zero-order valence-electron chi connectivity index (χ0n) is 11.2. The number of rotatable bonds is 3. The molecule has 1 aromatic heterocycles. The lowest BCUT2D eigenvalue weighted by Gasteiger charge is -2.26. The molecule has 0 radical (unpaired) electrons. The monoisotopic (exact) mass is 238 g/mol. The molecule has 3 N–H and O–H groups in total. The van der Waals surface area contributed by atoms with Crippen molar-refractivity contribution in [3.05, 3.63) is 11.9 Å². The molecule has 5 heteroatoms. The Hall–Kier alpha value is -1.36. The van der Waals surface area contributed by atoms with Crippen LogP contribution in [0.5, 0.6) is 0 Å². The van der Waals surface area contributed by atoms with Gasteiger partial charge in [0.05, 0.1) is 12.6 Å². The second kappa shape index (κ2) is 4.87. The van der Waals surface area contributed by atoms with Crippen molar-refractivity contribution in [3.8, 4) is 0 Å². The lowest BCUT2D eigenvalue weighted by Crippen LogP contribution is -2.33. The molecule has 0 spiro atoms. The molecule has 0 aromatic carbocycles. The molecule has 0 fully saturated rings. The highest BCUT2D eigenvalue weighted by Crippen LogP contribution is 2.23. The van der Waals surface area contributed by atoms with Gasteiger partial charge in [0.25, 0.3) is 0 Å². The molecule has 96 valence electrons. The molecule has 5 nitrogen and oxygen atoms in total. The number of aliphatic hydroxyl groups excluding tert-OH is 1. The van der Waals surface area contributed by atoms with Crippen molar-refractivity contribution >= 4 is 11.6 Å². The van der Waals surface area contributed by atoms with Gasteiger partial charge in [0.15, 0.2) is 0 Å². The molecule has 1 atom stereocenters. The van der Waals surface area contributed by atoms with Crippen LogP contribution >= 0.6 is 0 Å². The van der Waals surface area contributed by atoms with Gasteiger partial charge in [-0.1, -0.05) is 20.8 Å². The quantitative estimate of drug-likeness (QED) is 0.827. The van der Waals surface area contributed by atoms with E-state index in [4.69, 9.17) is 10.8 Å². The third-order valence-electron chi connectivity index (χ3n) is 2.69. The average Bonchev–Trinajstić information content (AvgIpc) is 2.25. The fraction of sp³-hybridized carbons (Fsp3) is 0.667. The van der Waals surface area contributed by atoms with Crippen LogP contribution in [0.2, 0.25) is 0 Å². The molecule has 0 bridgehead atoms. The predicted molar refractivity (Wildman–Crippen MR) is 70.1 cm³/mol. The topological polar surface area (TPSA) is 75.3 Å². The van der Waals surface area contributed by atoms with E-state index in [0.717, 1.165) is 5.82 Å². The highest BCUT2D eigenvalue weighted by molar-refractivity contribution is 5.47. The summed E-state index contributed by atoms with van der Waals surface area (Å²) >= 11 is 0. The van der Waals surface area contributed by atoms with Crippen LogP contribution in [0.15, 0.2) is 6.07 Å². The van der Waals surface area contributed by atoms with Crippen molar-refractivity contribution in [1.82, 2.24) is 9.97 Å². The summed E-state index contributed by atoms with van der Waals surface area (Å²) in [5, 5.41) is 9.15. The van der Waals surface area contributed by atoms with Gasteiger partial charge in [-0.2, -0.15) is 0 Å². The zero-order valence-corrected chi connectivity index (χ0v) is 11.2. The Morgan fingerprint density at radius 3 is 2.47 bits per heavy atom. The Morgan fingerprint density at radius 1 is 1.41 bits per heavy atom. The number of aliphatic hydroxyl groups is 1. The van der Waals surface area contributed by atoms with Crippen LogP contribution in [0.3, 0.4) is 0 Å². The van der Waals surface area contributed by atoms with Crippen molar-refractivity contribution in [2.24, 2.45) is 0 Å². The minimum atomic E-state index is -0.145. The van der Waals surface area contributed by atoms with E-state index in [2.05, 4.69) is 9.97 Å². The molecule has 0 saturated carbocycles. The number of anilines is 2. The molecule has 1 heterocycles. The third-order valence-corrected chi connectivity index (χ3v) is 2.69. The van der Waals surface area contributed by atoms with E-state index in [1.807, 2.05) is 39.6 Å². The van der Waals surface area contributed by atoms with E-state index in [-0.39, 0.29) is 18.1 Å². The fourth-order valence-corrected chi connectivity index (χ4v) is 1.32. The van der Waals surface area contributed by atoms with Gasteiger partial charge in [0.2, 0.25) is 0 Å². The number of nitrogen functional groups attached to an aromatic ring is 1. The van der Waals surface area contributed by atoms with E-state index in [1.165, 1.54) is 0 Å². The van der Waals surface area contributed by atoms with E-state index < -0.39 is 0 Å². The van der Waals surface area contributed by atoms with E-state index in [0.29, 0.717) is 11.6 Å². The van der Waals surface area contributed by atoms with Gasteiger partial charge in [-0.25, -0.2) is 9.97 Å². The van der Waals surface area contributed by atoms with Gasteiger partial charge in [-0.05, 0) is 6.92 Å². The molecule has 0 saturated heterocycles. The Balaban J connectivity index is 3.14. The van der Waals surface area contributed by atoms with Crippen LogP contribution in [0.1, 0.15) is 33.5 Å². The van der Waals surface area contributed by atoms with Crippen LogP contribution in [0.4, 0.5) is 11.6 Å². The van der Waals surface area contributed by atoms with E-state index in [9.17, 15) is 0 Å². The normalized spacial score (nSPS) is 13.5. The van der Waals surface area contributed by atoms with Crippen molar-refractivity contribution in [2.45, 2.75) is 39.2 Å². The standard InChI is InChI=1S/C12H22N4O/c1-8(7-17)16(5)10-6-9(13)14-11(15-10)12(2,3)4/h6,8,17H,7H2,1-5H3,(H2,13,14,15). The maximum absolute atomic E-state index is 9.15. The van der Waals surface area contributed by atoms with Crippen molar-refractivity contribution in [2.75, 3.05) is 24.3 Å². The van der Waals surface area contributed by atoms with Crippen molar-refractivity contribution in [1.29, 1.82) is 0 Å². The van der Waals surface area contributed by atoms with Crippen LogP contribution in [-0.2, 0) is 5.41 Å². The Labute approximate surface area is 103 Å². The molecular weight excluding hydrogens is 216 g/mol. The SMILES string of the molecule is CC(CO)N(C)c1cc(N)nc(C(C)(C)C)n1. The van der Waals surface area contributed by atoms with Gasteiger partial charge in [-0.3, -0.25) is 0 Å². The summed E-state index contributed by atoms with van der Waals surface area (Å²) in [6, 6.07) is 1.72. The van der Waals surface area contributed by atoms with Gasteiger partial charge >= 0.3 is 0 Å². The number of hydrogen-bond donors (Lipinski definition) is 2. The van der Waals surface area contributed by atoms with Gasteiger partial charge < -0.3 is 15.7 Å². The second-order valence-electron chi connectivity index (χ2n) is 5.37. The Morgan fingerprint density at radius 2 is 2.00 bits per heavy atom. The summed E-state index contributed by atoms with van der Waals surface area (Å²) in [7, 11) is 1.88. The second-order valence-corrected chi connectivity index (χ2v) is 5.37. The largest absolute Gasteiger partial charge is 0.394 e. The molecule has 1 aromatic rings. The molecule has 0 aliphatic carbocycles. The number of nitrogens with two attached hydrogens (primary N) is 1. The maximum atomic E-state index is 9.15. The summed E-state index contributed by atoms with van der Waals surface area (Å²) < 4.78 is 0. The molecule has 1 unspecified atom stereocenters. The van der Waals surface area contributed by atoms with Crippen molar-refractivity contribution < 1.29 is 5.11 Å². The fourth-order valence-electron chi connectivity index (χ4n) is 1.32. The lowest BCUT2D eigenvalue weighted by atomic mass is 9.96. The predicted octanol–water partition coefficient (Wildman–Crippen LogP) is 1.17. The molecule has 17 heavy (non-hydrogen) atoms. The Bertz CT molecular complexity index is 387. The maximum Gasteiger partial charge on any atom is 0.138 e. The number of aromatic nitrogens is 2. The summed E-state index contributed by atoms with van der Waals surface area (Å²) in [4.78, 5) is 10.6. The molecule has 1 rings (SSSR count). The molecule has 0 aliphatic heterocycles. The van der Waals surface area contributed by atoms with Gasteiger partial charge in [0, 0.05) is 18.5 Å². The number of hydrogen-bond acceptors (Lipinski definition) is 5. The average molecular weight is 238 g/mol. The van der Waals surface area contributed by atoms with Crippen LogP contribution < -0.4 is 10.6 Å². The molecule has 0 aliphatic rings. The van der Waals surface area contributed by atoms with Crippen LogP contribution in [0.25, 0.3) is 0 Å². The first-order valence-corrected chi connectivity index (χ1v) is 5.74. The smallest absolute Gasteiger partial charge is 0.138 e.